The van der Waals surface area contributed by atoms with Crippen LogP contribution in [0.1, 0.15) is 41.0 Å². The van der Waals surface area contributed by atoms with E-state index in [4.69, 9.17) is 0 Å². The minimum absolute atomic E-state index is 0.0760. The highest BCUT2D eigenvalue weighted by Gasteiger charge is 2.23. The summed E-state index contributed by atoms with van der Waals surface area (Å²) in [5.74, 6) is 0.249. The van der Waals surface area contributed by atoms with Gasteiger partial charge in [0.1, 0.15) is 0 Å². The third-order valence-electron chi connectivity index (χ3n) is 4.16. The first-order chi connectivity index (χ1) is 8.71. The fraction of sp³-hybridized carbons (Fsp3) is 0.933. The molecule has 0 radical (unpaired) electrons. The number of hydrogen-bond donors (Lipinski definition) is 0. The molecule has 19 heavy (non-hydrogen) atoms. The van der Waals surface area contributed by atoms with Gasteiger partial charge in [-0.2, -0.15) is 0 Å². The molecule has 0 atom stereocenters. The lowest BCUT2D eigenvalue weighted by Gasteiger charge is -2.37. The first kappa shape index (κ1) is 16.4. The molecule has 1 fully saturated rings. The van der Waals surface area contributed by atoms with Crippen LogP contribution in [0, 0.1) is 0 Å². The second-order valence-electron chi connectivity index (χ2n) is 6.84. The minimum Gasteiger partial charge on any atom is -0.341 e. The summed E-state index contributed by atoms with van der Waals surface area (Å²) in [6.45, 7) is 16.0. The third-order valence-corrected chi connectivity index (χ3v) is 4.16. The van der Waals surface area contributed by atoms with Gasteiger partial charge in [-0.1, -0.05) is 0 Å². The Kier molecular flexibility index (Phi) is 5.81. The fourth-order valence-electron chi connectivity index (χ4n) is 2.30. The zero-order valence-electron chi connectivity index (χ0n) is 13.6. The van der Waals surface area contributed by atoms with Crippen molar-refractivity contribution in [3.8, 4) is 0 Å². The molecule has 0 aromatic heterocycles. The Morgan fingerprint density at radius 2 is 1.68 bits per heavy atom. The molecule has 0 aromatic carbocycles. The van der Waals surface area contributed by atoms with Crippen LogP contribution in [0.4, 0.5) is 0 Å². The van der Waals surface area contributed by atoms with E-state index in [1.54, 1.807) is 0 Å². The maximum absolute atomic E-state index is 12.1. The largest absolute Gasteiger partial charge is 0.341 e. The van der Waals surface area contributed by atoms with E-state index in [9.17, 15) is 4.79 Å². The smallest absolute Gasteiger partial charge is 0.224 e. The average molecular weight is 269 g/mol. The molecule has 1 amide bonds. The average Bonchev–Trinajstić information content (AvgIpc) is 2.34. The van der Waals surface area contributed by atoms with Crippen molar-refractivity contribution in [3.63, 3.8) is 0 Å². The van der Waals surface area contributed by atoms with Crippen LogP contribution in [0.5, 0.6) is 0 Å². The molecule has 4 heteroatoms. The van der Waals surface area contributed by atoms with Crippen LogP contribution in [-0.2, 0) is 4.79 Å². The van der Waals surface area contributed by atoms with Gasteiger partial charge in [0.15, 0.2) is 0 Å². The Balaban J connectivity index is 2.29. The first-order valence-electron chi connectivity index (χ1n) is 7.45. The highest BCUT2D eigenvalue weighted by atomic mass is 16.2. The number of piperazine rings is 1. The second-order valence-corrected chi connectivity index (χ2v) is 6.84. The summed E-state index contributed by atoms with van der Waals surface area (Å²) in [7, 11) is 1.90. The van der Waals surface area contributed by atoms with Crippen LogP contribution in [0.3, 0.4) is 0 Å². The summed E-state index contributed by atoms with van der Waals surface area (Å²) in [6.07, 6.45) is 0.634. The molecule has 0 aromatic rings. The number of nitrogens with zero attached hydrogens (tertiary/aromatic N) is 3. The molecule has 1 aliphatic rings. The number of rotatable bonds is 4. The second kappa shape index (κ2) is 6.71. The van der Waals surface area contributed by atoms with E-state index in [2.05, 4.69) is 44.4 Å². The normalized spacial score (nSPS) is 18.9. The highest BCUT2D eigenvalue weighted by molar-refractivity contribution is 5.76. The van der Waals surface area contributed by atoms with Crippen molar-refractivity contribution >= 4 is 5.91 Å². The lowest BCUT2D eigenvalue weighted by molar-refractivity contribution is -0.134. The maximum Gasteiger partial charge on any atom is 0.224 e. The molecule has 1 saturated heterocycles. The van der Waals surface area contributed by atoms with Crippen molar-refractivity contribution in [2.75, 3.05) is 39.8 Å². The molecule has 4 nitrogen and oxygen atoms in total. The van der Waals surface area contributed by atoms with Crippen molar-refractivity contribution in [1.29, 1.82) is 0 Å². The summed E-state index contributed by atoms with van der Waals surface area (Å²) in [4.78, 5) is 18.9. The molecular weight excluding hydrogens is 238 g/mol. The number of hydrogen-bond acceptors (Lipinski definition) is 3. The topological polar surface area (TPSA) is 26.8 Å². The van der Waals surface area contributed by atoms with Crippen molar-refractivity contribution in [1.82, 2.24) is 14.7 Å². The summed E-state index contributed by atoms with van der Waals surface area (Å²) in [5.41, 5.74) is -0.0760. The zero-order valence-corrected chi connectivity index (χ0v) is 13.6. The molecule has 0 N–H and O–H groups in total. The predicted octanol–water partition coefficient (Wildman–Crippen LogP) is 1.66. The van der Waals surface area contributed by atoms with Gasteiger partial charge in [0, 0.05) is 57.8 Å². The number of carbonyl (C=O) groups excluding carboxylic acids is 1. The van der Waals surface area contributed by atoms with Gasteiger partial charge in [-0.15, -0.1) is 0 Å². The minimum atomic E-state index is -0.0760. The van der Waals surface area contributed by atoms with Gasteiger partial charge in [0.05, 0.1) is 0 Å². The Morgan fingerprint density at radius 3 is 2.11 bits per heavy atom. The first-order valence-corrected chi connectivity index (χ1v) is 7.45. The zero-order chi connectivity index (χ0) is 14.6. The Morgan fingerprint density at radius 1 is 1.16 bits per heavy atom. The van der Waals surface area contributed by atoms with E-state index >= 15 is 0 Å². The van der Waals surface area contributed by atoms with Gasteiger partial charge in [-0.05, 0) is 34.6 Å². The van der Waals surface area contributed by atoms with Crippen molar-refractivity contribution < 1.29 is 4.79 Å². The van der Waals surface area contributed by atoms with Crippen LogP contribution in [0.25, 0.3) is 0 Å². The molecule has 0 saturated carbocycles. The van der Waals surface area contributed by atoms with Crippen LogP contribution >= 0.6 is 0 Å². The number of carbonyl (C=O) groups is 1. The Labute approximate surface area is 118 Å². The molecule has 0 unspecified atom stereocenters. The van der Waals surface area contributed by atoms with E-state index in [0.29, 0.717) is 12.5 Å². The van der Waals surface area contributed by atoms with Crippen molar-refractivity contribution in [2.24, 2.45) is 0 Å². The summed E-state index contributed by atoms with van der Waals surface area (Å²) < 4.78 is 0. The summed E-state index contributed by atoms with van der Waals surface area (Å²) >= 11 is 0. The van der Waals surface area contributed by atoms with E-state index in [0.717, 1.165) is 32.7 Å². The lowest BCUT2D eigenvalue weighted by Crippen LogP contribution is -2.50. The van der Waals surface area contributed by atoms with Crippen molar-refractivity contribution in [2.45, 2.75) is 52.6 Å². The lowest BCUT2D eigenvalue weighted by atomic mass is 10.1. The monoisotopic (exact) mass is 269 g/mol. The third kappa shape index (κ3) is 5.11. The Bertz CT molecular complexity index is 288. The van der Waals surface area contributed by atoms with E-state index in [1.165, 1.54) is 0 Å². The van der Waals surface area contributed by atoms with Crippen LogP contribution in [0.2, 0.25) is 0 Å². The molecule has 112 valence electrons. The van der Waals surface area contributed by atoms with Gasteiger partial charge in [0.2, 0.25) is 5.91 Å². The molecule has 0 bridgehead atoms. The quantitative estimate of drug-likeness (QED) is 0.776. The molecule has 1 rings (SSSR count). The van der Waals surface area contributed by atoms with E-state index in [-0.39, 0.29) is 11.4 Å². The van der Waals surface area contributed by atoms with Gasteiger partial charge < -0.3 is 9.80 Å². The molecule has 0 aliphatic carbocycles. The van der Waals surface area contributed by atoms with Crippen LogP contribution in [-0.4, -0.2) is 72.0 Å². The summed E-state index contributed by atoms with van der Waals surface area (Å²) in [6, 6.07) is 0.635. The maximum atomic E-state index is 12.1. The standard InChI is InChI=1S/C15H31N3O/c1-13(2)18-11-9-17(10-12-18)8-7-14(19)16(6)15(3,4)5/h13H,7-12H2,1-6H3. The highest BCUT2D eigenvalue weighted by Crippen LogP contribution is 2.12. The van der Waals surface area contributed by atoms with Crippen LogP contribution < -0.4 is 0 Å². The SMILES string of the molecule is CC(C)N1CCN(CCC(=O)N(C)C(C)(C)C)CC1. The molecule has 1 aliphatic heterocycles. The molecule has 0 spiro atoms. The number of amides is 1. The molecular formula is C15H31N3O. The summed E-state index contributed by atoms with van der Waals surface area (Å²) in [5, 5.41) is 0. The van der Waals surface area contributed by atoms with E-state index in [1.807, 2.05) is 11.9 Å². The van der Waals surface area contributed by atoms with E-state index < -0.39 is 0 Å². The Hall–Kier alpha value is -0.610. The van der Waals surface area contributed by atoms with Gasteiger partial charge >= 0.3 is 0 Å². The van der Waals surface area contributed by atoms with Gasteiger partial charge in [0.25, 0.3) is 0 Å². The van der Waals surface area contributed by atoms with Gasteiger partial charge in [-0.25, -0.2) is 0 Å². The van der Waals surface area contributed by atoms with Crippen molar-refractivity contribution in [3.05, 3.63) is 0 Å². The molecule has 1 heterocycles. The predicted molar refractivity (Wildman–Crippen MR) is 80.3 cm³/mol. The van der Waals surface area contributed by atoms with Crippen LogP contribution in [0.15, 0.2) is 0 Å². The fourth-order valence-corrected chi connectivity index (χ4v) is 2.30. The van der Waals surface area contributed by atoms with Gasteiger partial charge in [-0.3, -0.25) is 9.69 Å².